The van der Waals surface area contributed by atoms with Gasteiger partial charge in [-0.2, -0.15) is 0 Å². The molecular formula is C35H43Cl2N5O8S2. The molecule has 282 valence electrons. The molecule has 4 aliphatic rings. The summed E-state index contributed by atoms with van der Waals surface area (Å²) >= 11 is 14.1. The van der Waals surface area contributed by atoms with Crippen LogP contribution in [0.1, 0.15) is 88.2 Å². The monoisotopic (exact) mass is 795 g/mol. The van der Waals surface area contributed by atoms with Crippen molar-refractivity contribution in [3.8, 4) is 0 Å². The third-order valence-electron chi connectivity index (χ3n) is 9.72. The van der Waals surface area contributed by atoms with Gasteiger partial charge < -0.3 is 25.6 Å². The van der Waals surface area contributed by atoms with Gasteiger partial charge >= 0.3 is 6.09 Å². The first-order chi connectivity index (χ1) is 24.5. The number of hydrogen-bond acceptors (Lipinski definition) is 9. The Morgan fingerprint density at radius 1 is 1.06 bits per heavy atom. The molecule has 1 saturated heterocycles. The zero-order valence-corrected chi connectivity index (χ0v) is 32.3. The number of amides is 5. The average Bonchev–Trinajstić information content (AvgIpc) is 3.95. The van der Waals surface area contributed by atoms with Crippen molar-refractivity contribution in [3.05, 3.63) is 45.3 Å². The molecule has 0 bridgehead atoms. The number of carbonyl (C=O) groups excluding carboxylic acids is 5. The first-order valence-electron chi connectivity index (χ1n) is 17.5. The van der Waals surface area contributed by atoms with E-state index < -0.39 is 80.2 Å². The van der Waals surface area contributed by atoms with Crippen LogP contribution in [0.5, 0.6) is 0 Å². The molecule has 1 aromatic carbocycles. The van der Waals surface area contributed by atoms with Gasteiger partial charge in [-0.25, -0.2) is 13.2 Å². The Bertz CT molecular complexity index is 1920. The number of carbonyl (C=O) groups is 5. The fourth-order valence-electron chi connectivity index (χ4n) is 6.82. The normalized spacial score (nSPS) is 27.7. The molecule has 0 unspecified atom stereocenters. The summed E-state index contributed by atoms with van der Waals surface area (Å²) in [5, 5.41) is 8.91. The van der Waals surface area contributed by atoms with E-state index in [4.69, 9.17) is 27.9 Å². The minimum absolute atomic E-state index is 0.0235. The molecule has 5 amide bonds. The molecule has 6 rings (SSSR count). The molecule has 2 aliphatic heterocycles. The minimum Gasteiger partial charge on any atom is -0.444 e. The number of allylic oxidation sites excluding steroid dienone is 1. The predicted molar refractivity (Wildman–Crippen MR) is 198 cm³/mol. The maximum atomic E-state index is 14.4. The second-order valence-electron chi connectivity index (χ2n) is 15.0. The Labute approximate surface area is 316 Å². The highest BCUT2D eigenvalue weighted by atomic mass is 35.5. The summed E-state index contributed by atoms with van der Waals surface area (Å²) in [6.45, 7) is 5.03. The van der Waals surface area contributed by atoms with Crippen LogP contribution in [0, 0.1) is 5.92 Å². The van der Waals surface area contributed by atoms with E-state index in [0.29, 0.717) is 40.8 Å². The van der Waals surface area contributed by atoms with Crippen molar-refractivity contribution in [2.75, 3.05) is 6.54 Å². The summed E-state index contributed by atoms with van der Waals surface area (Å²) in [7, 11) is -3.91. The molecule has 3 fully saturated rings. The van der Waals surface area contributed by atoms with Gasteiger partial charge in [0.25, 0.3) is 11.8 Å². The smallest absolute Gasteiger partial charge is 0.408 e. The van der Waals surface area contributed by atoms with Crippen LogP contribution in [-0.4, -0.2) is 84.1 Å². The van der Waals surface area contributed by atoms with Crippen molar-refractivity contribution in [1.82, 2.24) is 25.6 Å². The highest BCUT2D eigenvalue weighted by molar-refractivity contribution is 7.91. The van der Waals surface area contributed by atoms with Crippen LogP contribution in [-0.2, 0) is 29.1 Å². The van der Waals surface area contributed by atoms with Crippen LogP contribution >= 0.6 is 34.5 Å². The van der Waals surface area contributed by atoms with Gasteiger partial charge in [-0.1, -0.05) is 54.3 Å². The van der Waals surface area contributed by atoms with Crippen molar-refractivity contribution < 1.29 is 37.1 Å². The maximum absolute atomic E-state index is 14.4. The number of thiophene rings is 1. The van der Waals surface area contributed by atoms with Gasteiger partial charge in [0, 0.05) is 28.6 Å². The quantitative estimate of drug-likeness (QED) is 0.301. The Balaban J connectivity index is 1.29. The van der Waals surface area contributed by atoms with E-state index in [1.54, 1.807) is 39.0 Å². The van der Waals surface area contributed by atoms with E-state index in [1.807, 2.05) is 12.2 Å². The number of ether oxygens (including phenoxy) is 1. The molecule has 4 N–H and O–H groups in total. The number of benzene rings is 1. The third-order valence-corrected chi connectivity index (χ3v) is 13.5. The van der Waals surface area contributed by atoms with Crippen molar-refractivity contribution in [2.24, 2.45) is 5.92 Å². The summed E-state index contributed by atoms with van der Waals surface area (Å²) in [6, 6.07) is 2.28. The van der Waals surface area contributed by atoms with E-state index >= 15 is 0 Å². The number of nitrogens with zero attached hydrogens (tertiary/aromatic N) is 1. The van der Waals surface area contributed by atoms with E-state index in [2.05, 4.69) is 20.7 Å². The molecule has 0 radical (unpaired) electrons. The molecule has 0 spiro atoms. The fourth-order valence-corrected chi connectivity index (χ4v) is 10.0. The largest absolute Gasteiger partial charge is 0.444 e. The lowest BCUT2D eigenvalue weighted by atomic mass is 10.0. The van der Waals surface area contributed by atoms with Crippen LogP contribution in [0.3, 0.4) is 0 Å². The van der Waals surface area contributed by atoms with Crippen molar-refractivity contribution in [3.63, 3.8) is 0 Å². The van der Waals surface area contributed by atoms with Crippen LogP contribution < -0.4 is 20.7 Å². The molecule has 17 heteroatoms. The van der Waals surface area contributed by atoms with Gasteiger partial charge in [-0.3, -0.25) is 23.9 Å². The predicted octanol–water partition coefficient (Wildman–Crippen LogP) is 4.80. The Kier molecular flexibility index (Phi) is 10.9. The molecular weight excluding hydrogens is 753 g/mol. The molecule has 1 aromatic heterocycles. The van der Waals surface area contributed by atoms with Gasteiger partial charge in [0.05, 0.1) is 15.3 Å². The van der Waals surface area contributed by atoms with Gasteiger partial charge in [0.2, 0.25) is 21.8 Å². The first kappa shape index (κ1) is 38.3. The van der Waals surface area contributed by atoms with E-state index in [1.165, 1.54) is 4.90 Å². The molecule has 5 atom stereocenters. The van der Waals surface area contributed by atoms with Crippen molar-refractivity contribution in [1.29, 1.82) is 0 Å². The number of nitrogens with one attached hydrogen (secondary N) is 4. The van der Waals surface area contributed by atoms with Crippen LogP contribution in [0.2, 0.25) is 10.0 Å². The number of fused-ring (bicyclic) bond motifs is 3. The number of halogens is 2. The lowest BCUT2D eigenvalue weighted by Gasteiger charge is -2.30. The maximum Gasteiger partial charge on any atom is 0.408 e. The second-order valence-corrected chi connectivity index (χ2v) is 18.8. The molecule has 2 aromatic rings. The lowest BCUT2D eigenvalue weighted by molar-refractivity contribution is -0.141. The van der Waals surface area contributed by atoms with Gasteiger partial charge in [-0.15, -0.1) is 11.3 Å². The topological polar surface area (TPSA) is 180 Å². The molecule has 52 heavy (non-hydrogen) atoms. The summed E-state index contributed by atoms with van der Waals surface area (Å²) in [4.78, 5) is 70.3. The standard InChI is InChI=1S/C35H43Cl2N5O8S2/c1-34(2,3)50-33(47)39-23-12-8-6-4-5-7-10-19-17-35(19,32(46)41-52(48,49)21-14-15-21)40-29(43)24-16-20(18-42(24)31(23)45)38-30(44)28-27(37)26-22(36)11-9-13-25(26)51-28/h7,9-11,13,19-21,23-24H,4-6,8,12,14-18H2,1-3H3,(H,38,44)(H,39,47)(H,40,43)(H,41,46)/b10-7-/t19-,20+,23-,24-,35+/m0/s1. The number of alkyl carbamates (subject to hydrolysis) is 1. The van der Waals surface area contributed by atoms with Crippen LogP contribution in [0.4, 0.5) is 4.79 Å². The molecule has 2 aliphatic carbocycles. The second kappa shape index (κ2) is 14.8. The minimum atomic E-state index is -3.91. The Morgan fingerprint density at radius 2 is 1.81 bits per heavy atom. The Morgan fingerprint density at radius 3 is 2.50 bits per heavy atom. The molecule has 3 heterocycles. The molecule has 2 saturated carbocycles. The molecule has 13 nitrogen and oxygen atoms in total. The van der Waals surface area contributed by atoms with E-state index in [9.17, 15) is 32.4 Å². The summed E-state index contributed by atoms with van der Waals surface area (Å²) in [5.74, 6) is -3.03. The lowest BCUT2D eigenvalue weighted by Crippen LogP contribution is -2.58. The highest BCUT2D eigenvalue weighted by Gasteiger charge is 2.62. The zero-order chi connectivity index (χ0) is 37.6. The highest BCUT2D eigenvalue weighted by Crippen LogP contribution is 2.46. The third kappa shape index (κ3) is 8.37. The Hall–Kier alpha value is -3.40. The van der Waals surface area contributed by atoms with E-state index in [-0.39, 0.29) is 35.7 Å². The fraction of sp³-hybridized carbons (Fsp3) is 0.571. The number of hydrogen-bond donors (Lipinski definition) is 4. The van der Waals surface area contributed by atoms with Crippen molar-refractivity contribution in [2.45, 2.75) is 113 Å². The zero-order valence-electron chi connectivity index (χ0n) is 29.1. The summed E-state index contributed by atoms with van der Waals surface area (Å²) in [6.07, 6.45) is 7.06. The van der Waals surface area contributed by atoms with Crippen LogP contribution in [0.15, 0.2) is 30.4 Å². The number of rotatable bonds is 6. The SMILES string of the molecule is CC(C)(C)OC(=O)N[C@H]1CCCCC/C=C\[C@H]2C[C@@]2(C(=O)NS(=O)(=O)C2CC2)NC(=O)[C@@H]2C[C@@H](NC(=O)c3sc4cccc(Cl)c4c3Cl)CN2C1=O. The van der Waals surface area contributed by atoms with E-state index in [0.717, 1.165) is 24.2 Å². The van der Waals surface area contributed by atoms with Crippen LogP contribution in [0.25, 0.3) is 10.1 Å². The van der Waals surface area contributed by atoms with Crippen molar-refractivity contribution >= 4 is 84.4 Å². The van der Waals surface area contributed by atoms with Gasteiger partial charge in [0.1, 0.15) is 28.1 Å². The summed E-state index contributed by atoms with van der Waals surface area (Å²) < 4.78 is 33.9. The van der Waals surface area contributed by atoms with Gasteiger partial charge in [-0.05, 0) is 77.8 Å². The number of sulfonamides is 1. The summed E-state index contributed by atoms with van der Waals surface area (Å²) in [5.41, 5.74) is -2.37. The average molecular weight is 797 g/mol. The van der Waals surface area contributed by atoms with Gasteiger partial charge in [0.15, 0.2) is 0 Å². The first-order valence-corrected chi connectivity index (χ1v) is 20.6.